The highest BCUT2D eigenvalue weighted by Gasteiger charge is 2.06. The first-order chi connectivity index (χ1) is 9.13. The van der Waals surface area contributed by atoms with Gasteiger partial charge in [-0.2, -0.15) is 5.10 Å². The van der Waals surface area contributed by atoms with Gasteiger partial charge < -0.3 is 4.90 Å². The number of thiophene rings is 1. The lowest BCUT2D eigenvalue weighted by Crippen LogP contribution is -2.27. The van der Waals surface area contributed by atoms with E-state index in [0.29, 0.717) is 6.54 Å². The van der Waals surface area contributed by atoms with Gasteiger partial charge in [0.05, 0.1) is 22.2 Å². The molecule has 0 saturated heterocycles. The third kappa shape index (κ3) is 3.45. The summed E-state index contributed by atoms with van der Waals surface area (Å²) in [6.45, 7) is 6.41. The lowest BCUT2D eigenvalue weighted by molar-refractivity contribution is 0.642. The molecule has 0 amide bonds. The highest BCUT2D eigenvalue weighted by atomic mass is 79.9. The molecule has 0 atom stereocenters. The molecular weight excluding hydrogens is 326 g/mol. The number of hydrogen-bond donors (Lipinski definition) is 0. The van der Waals surface area contributed by atoms with Crippen molar-refractivity contribution in [2.24, 2.45) is 0 Å². The lowest BCUT2D eigenvalue weighted by atomic mass is 10.4. The highest BCUT2D eigenvalue weighted by Crippen LogP contribution is 2.22. The van der Waals surface area contributed by atoms with Gasteiger partial charge in [0.15, 0.2) is 0 Å². The first-order valence-corrected chi connectivity index (χ1v) is 7.81. The Kier molecular flexibility index (Phi) is 4.76. The van der Waals surface area contributed by atoms with Crippen LogP contribution in [-0.2, 0) is 6.54 Å². The predicted molar refractivity (Wildman–Crippen MR) is 83.2 cm³/mol. The van der Waals surface area contributed by atoms with Gasteiger partial charge in [-0.1, -0.05) is 0 Å². The SMILES string of the molecule is CCN(CC)c1cnn(Cc2ccc(Br)s2)c(=O)c1. The number of anilines is 1. The summed E-state index contributed by atoms with van der Waals surface area (Å²) in [4.78, 5) is 15.3. The first-order valence-electron chi connectivity index (χ1n) is 6.20. The van der Waals surface area contributed by atoms with Crippen LogP contribution in [-0.4, -0.2) is 22.9 Å². The van der Waals surface area contributed by atoms with E-state index in [1.165, 1.54) is 4.68 Å². The van der Waals surface area contributed by atoms with E-state index in [9.17, 15) is 4.79 Å². The van der Waals surface area contributed by atoms with Crippen LogP contribution in [0, 0.1) is 0 Å². The average Bonchev–Trinajstić information content (AvgIpc) is 2.80. The topological polar surface area (TPSA) is 38.1 Å². The maximum Gasteiger partial charge on any atom is 0.269 e. The Hall–Kier alpha value is -1.14. The normalized spacial score (nSPS) is 10.7. The third-order valence-electron chi connectivity index (χ3n) is 2.92. The Morgan fingerprint density at radius 2 is 2.11 bits per heavy atom. The lowest BCUT2D eigenvalue weighted by Gasteiger charge is -2.20. The summed E-state index contributed by atoms with van der Waals surface area (Å²) in [7, 11) is 0. The minimum absolute atomic E-state index is 0.0612. The summed E-state index contributed by atoms with van der Waals surface area (Å²) in [6, 6.07) is 5.64. The standard InChI is InChI=1S/C13H16BrN3OS/c1-3-16(4-2)10-7-13(18)17(15-8-10)9-11-5-6-12(14)19-11/h5-8H,3-4,9H2,1-2H3. The number of hydrogen-bond acceptors (Lipinski definition) is 4. The van der Waals surface area contributed by atoms with Crippen LogP contribution in [0.3, 0.4) is 0 Å². The number of nitrogens with zero attached hydrogens (tertiary/aromatic N) is 3. The molecule has 2 heterocycles. The summed E-state index contributed by atoms with van der Waals surface area (Å²) in [5.74, 6) is 0. The van der Waals surface area contributed by atoms with Gasteiger partial charge in [0.1, 0.15) is 0 Å². The van der Waals surface area contributed by atoms with Crippen molar-refractivity contribution in [3.8, 4) is 0 Å². The molecule has 0 aliphatic rings. The Morgan fingerprint density at radius 3 is 2.63 bits per heavy atom. The first kappa shape index (κ1) is 14.3. The van der Waals surface area contributed by atoms with E-state index in [4.69, 9.17) is 0 Å². The minimum Gasteiger partial charge on any atom is -0.371 e. The van der Waals surface area contributed by atoms with Gasteiger partial charge in [-0.25, -0.2) is 4.68 Å². The number of halogens is 1. The second-order valence-corrected chi connectivity index (χ2v) is 6.64. The summed E-state index contributed by atoms with van der Waals surface area (Å²) >= 11 is 5.03. The summed E-state index contributed by atoms with van der Waals surface area (Å²) in [5.41, 5.74) is 0.826. The average molecular weight is 342 g/mol. The van der Waals surface area contributed by atoms with Gasteiger partial charge in [-0.3, -0.25) is 4.79 Å². The Morgan fingerprint density at radius 1 is 1.37 bits per heavy atom. The van der Waals surface area contributed by atoms with Gasteiger partial charge in [0.2, 0.25) is 0 Å². The fraction of sp³-hybridized carbons (Fsp3) is 0.385. The van der Waals surface area contributed by atoms with E-state index in [2.05, 4.69) is 39.8 Å². The van der Waals surface area contributed by atoms with Gasteiger partial charge in [0.25, 0.3) is 5.56 Å². The van der Waals surface area contributed by atoms with Crippen LogP contribution >= 0.6 is 27.3 Å². The van der Waals surface area contributed by atoms with Crippen LogP contribution in [0.25, 0.3) is 0 Å². The molecule has 2 rings (SSSR count). The Labute approximate surface area is 124 Å². The van der Waals surface area contributed by atoms with Crippen molar-refractivity contribution in [2.45, 2.75) is 20.4 Å². The molecule has 4 nitrogen and oxygen atoms in total. The van der Waals surface area contributed by atoms with Crippen molar-refractivity contribution in [3.63, 3.8) is 0 Å². The van der Waals surface area contributed by atoms with Crippen molar-refractivity contribution < 1.29 is 0 Å². The Balaban J connectivity index is 2.22. The highest BCUT2D eigenvalue weighted by molar-refractivity contribution is 9.11. The maximum atomic E-state index is 12.1. The van der Waals surface area contributed by atoms with Crippen LogP contribution in [0.5, 0.6) is 0 Å². The smallest absolute Gasteiger partial charge is 0.269 e. The zero-order chi connectivity index (χ0) is 13.8. The van der Waals surface area contributed by atoms with E-state index < -0.39 is 0 Å². The largest absolute Gasteiger partial charge is 0.371 e. The minimum atomic E-state index is -0.0612. The van der Waals surface area contributed by atoms with Crippen LogP contribution < -0.4 is 10.5 Å². The second kappa shape index (κ2) is 6.34. The molecule has 0 aromatic carbocycles. The van der Waals surface area contributed by atoms with Crippen molar-refractivity contribution in [1.82, 2.24) is 9.78 Å². The van der Waals surface area contributed by atoms with Crippen molar-refractivity contribution in [2.75, 3.05) is 18.0 Å². The van der Waals surface area contributed by atoms with E-state index in [1.54, 1.807) is 23.6 Å². The second-order valence-electron chi connectivity index (χ2n) is 4.09. The van der Waals surface area contributed by atoms with Gasteiger partial charge in [-0.15, -0.1) is 11.3 Å². The molecule has 2 aromatic heterocycles. The number of aromatic nitrogens is 2. The van der Waals surface area contributed by atoms with Crippen LogP contribution in [0.1, 0.15) is 18.7 Å². The monoisotopic (exact) mass is 341 g/mol. The predicted octanol–water partition coefficient (Wildman–Crippen LogP) is 2.96. The molecule has 0 aliphatic heterocycles. The van der Waals surface area contributed by atoms with Crippen molar-refractivity contribution in [3.05, 3.63) is 43.4 Å². The third-order valence-corrected chi connectivity index (χ3v) is 4.53. The summed E-state index contributed by atoms with van der Waals surface area (Å²) < 4.78 is 2.56. The Bertz CT molecular complexity index is 604. The van der Waals surface area contributed by atoms with Crippen LogP contribution in [0.4, 0.5) is 5.69 Å². The molecule has 102 valence electrons. The molecule has 19 heavy (non-hydrogen) atoms. The summed E-state index contributed by atoms with van der Waals surface area (Å²) in [6.07, 6.45) is 1.76. The number of rotatable bonds is 5. The fourth-order valence-electron chi connectivity index (χ4n) is 1.89. The molecule has 6 heteroatoms. The quantitative estimate of drug-likeness (QED) is 0.839. The zero-order valence-corrected chi connectivity index (χ0v) is 13.4. The van der Waals surface area contributed by atoms with E-state index >= 15 is 0 Å². The molecule has 0 saturated carbocycles. The molecule has 0 radical (unpaired) electrons. The van der Waals surface area contributed by atoms with Gasteiger partial charge in [0, 0.05) is 24.0 Å². The summed E-state index contributed by atoms with van der Waals surface area (Å²) in [5, 5.41) is 4.25. The molecule has 0 fully saturated rings. The molecule has 0 spiro atoms. The van der Waals surface area contributed by atoms with E-state index in [-0.39, 0.29) is 5.56 Å². The van der Waals surface area contributed by atoms with Gasteiger partial charge in [-0.05, 0) is 41.9 Å². The molecule has 0 N–H and O–H groups in total. The van der Waals surface area contributed by atoms with Crippen molar-refractivity contribution >= 4 is 33.0 Å². The maximum absolute atomic E-state index is 12.1. The molecule has 0 aliphatic carbocycles. The zero-order valence-electron chi connectivity index (χ0n) is 11.0. The molecule has 2 aromatic rings. The van der Waals surface area contributed by atoms with Crippen molar-refractivity contribution in [1.29, 1.82) is 0 Å². The molecular formula is C13H16BrN3OS. The van der Waals surface area contributed by atoms with E-state index in [0.717, 1.165) is 27.4 Å². The van der Waals surface area contributed by atoms with Crippen LogP contribution in [0.15, 0.2) is 33.0 Å². The van der Waals surface area contributed by atoms with E-state index in [1.807, 2.05) is 12.1 Å². The van der Waals surface area contributed by atoms with Crippen LogP contribution in [0.2, 0.25) is 0 Å². The van der Waals surface area contributed by atoms with Gasteiger partial charge >= 0.3 is 0 Å². The fourth-order valence-corrected chi connectivity index (χ4v) is 3.35. The molecule has 0 unspecified atom stereocenters. The molecule has 0 bridgehead atoms.